The number of likely N-dealkylation sites (N-methyl/N-ethyl adjacent to an activating group) is 1. The first kappa shape index (κ1) is 13.1. The molecule has 2 N–H and O–H groups in total. The fourth-order valence-corrected chi connectivity index (χ4v) is 1.22. The van der Waals surface area contributed by atoms with E-state index in [0.29, 0.717) is 19.6 Å². The number of carbonyl (C=O) groups is 2. The van der Waals surface area contributed by atoms with Gasteiger partial charge in [-0.25, -0.2) is 0 Å². The number of esters is 1. The molecule has 0 rings (SSSR count). The van der Waals surface area contributed by atoms with E-state index in [2.05, 4.69) is 4.74 Å². The molecule has 1 atom stereocenters. The second kappa shape index (κ2) is 7.46. The molecular formula is C9H18N2O3. The molecule has 0 aromatic carbocycles. The molecule has 0 saturated heterocycles. The molecule has 0 aromatic heterocycles. The van der Waals surface area contributed by atoms with E-state index in [4.69, 9.17) is 5.73 Å². The van der Waals surface area contributed by atoms with Gasteiger partial charge in [0.15, 0.2) is 0 Å². The van der Waals surface area contributed by atoms with Crippen LogP contribution in [0.15, 0.2) is 0 Å². The molecule has 1 unspecified atom stereocenters. The zero-order chi connectivity index (χ0) is 11.0. The lowest BCUT2D eigenvalue weighted by molar-refractivity contribution is -0.147. The molecule has 5 heteroatoms. The van der Waals surface area contributed by atoms with Crippen LogP contribution in [0.2, 0.25) is 0 Å². The number of nitrogens with two attached hydrogens (primary N) is 1. The monoisotopic (exact) mass is 202 g/mol. The minimum atomic E-state index is -0.381. The molecule has 0 aromatic rings. The lowest BCUT2D eigenvalue weighted by Gasteiger charge is -2.20. The standard InChI is InChI=1S/C9H18N2O3/c1-11(5-4-10)7-8(3-6-12)9(13)14-2/h6,8H,3-5,7,10H2,1-2H3. The van der Waals surface area contributed by atoms with Gasteiger partial charge in [0.1, 0.15) is 6.29 Å². The van der Waals surface area contributed by atoms with E-state index in [1.165, 1.54) is 7.11 Å². The third-order valence-electron chi connectivity index (χ3n) is 1.96. The first-order valence-electron chi connectivity index (χ1n) is 4.55. The summed E-state index contributed by atoms with van der Waals surface area (Å²) in [4.78, 5) is 23.4. The topological polar surface area (TPSA) is 72.6 Å². The number of ether oxygens (including phenoxy) is 1. The Morgan fingerprint density at radius 1 is 1.64 bits per heavy atom. The Balaban J connectivity index is 4.07. The minimum absolute atomic E-state index is 0.196. The molecule has 14 heavy (non-hydrogen) atoms. The van der Waals surface area contributed by atoms with Crippen LogP contribution < -0.4 is 5.73 Å². The van der Waals surface area contributed by atoms with E-state index in [0.717, 1.165) is 6.29 Å². The Morgan fingerprint density at radius 3 is 2.71 bits per heavy atom. The maximum absolute atomic E-state index is 11.2. The lowest BCUT2D eigenvalue weighted by atomic mass is 10.1. The van der Waals surface area contributed by atoms with Gasteiger partial charge in [-0.15, -0.1) is 0 Å². The van der Waals surface area contributed by atoms with E-state index < -0.39 is 0 Å². The first-order chi connectivity index (χ1) is 6.65. The zero-order valence-corrected chi connectivity index (χ0v) is 8.73. The summed E-state index contributed by atoms with van der Waals surface area (Å²) in [7, 11) is 3.18. The molecule has 0 spiro atoms. The summed E-state index contributed by atoms with van der Waals surface area (Å²) in [6.07, 6.45) is 0.930. The second-order valence-corrected chi connectivity index (χ2v) is 3.17. The summed E-state index contributed by atoms with van der Waals surface area (Å²) in [5, 5.41) is 0. The number of nitrogens with zero attached hydrogens (tertiary/aromatic N) is 1. The van der Waals surface area contributed by atoms with E-state index in [-0.39, 0.29) is 18.3 Å². The van der Waals surface area contributed by atoms with E-state index in [1.54, 1.807) is 0 Å². The van der Waals surface area contributed by atoms with E-state index in [9.17, 15) is 9.59 Å². The highest BCUT2D eigenvalue weighted by molar-refractivity contribution is 5.75. The van der Waals surface area contributed by atoms with Gasteiger partial charge in [-0.3, -0.25) is 4.79 Å². The van der Waals surface area contributed by atoms with Crippen LogP contribution in [0.25, 0.3) is 0 Å². The molecule has 0 radical (unpaired) electrons. The van der Waals surface area contributed by atoms with Crippen LogP contribution in [0.4, 0.5) is 0 Å². The van der Waals surface area contributed by atoms with Gasteiger partial charge in [-0.05, 0) is 7.05 Å². The Hall–Kier alpha value is -0.940. The lowest BCUT2D eigenvalue weighted by Crippen LogP contribution is -2.34. The smallest absolute Gasteiger partial charge is 0.310 e. The average Bonchev–Trinajstić information content (AvgIpc) is 2.16. The molecule has 0 heterocycles. The van der Waals surface area contributed by atoms with Crippen molar-refractivity contribution < 1.29 is 14.3 Å². The number of rotatable bonds is 7. The molecule has 0 amide bonds. The summed E-state index contributed by atoms with van der Waals surface area (Å²) in [6.45, 7) is 1.74. The number of aldehydes is 1. The Morgan fingerprint density at radius 2 is 2.29 bits per heavy atom. The maximum Gasteiger partial charge on any atom is 0.310 e. The first-order valence-corrected chi connectivity index (χ1v) is 4.55. The van der Waals surface area contributed by atoms with Gasteiger partial charge in [0.2, 0.25) is 0 Å². The highest BCUT2D eigenvalue weighted by atomic mass is 16.5. The van der Waals surface area contributed by atoms with Crippen molar-refractivity contribution in [1.82, 2.24) is 4.90 Å². The number of hydrogen-bond acceptors (Lipinski definition) is 5. The van der Waals surface area contributed by atoms with Crippen molar-refractivity contribution in [3.8, 4) is 0 Å². The van der Waals surface area contributed by atoms with Crippen molar-refractivity contribution in [2.75, 3.05) is 33.8 Å². The molecule has 0 bridgehead atoms. The SMILES string of the molecule is COC(=O)C(CC=O)CN(C)CCN. The summed E-state index contributed by atoms with van der Waals surface area (Å²) in [5.74, 6) is -0.727. The van der Waals surface area contributed by atoms with Crippen LogP contribution in [0.1, 0.15) is 6.42 Å². The quantitative estimate of drug-likeness (QED) is 0.434. The van der Waals surface area contributed by atoms with Crippen LogP contribution in [-0.4, -0.2) is 50.9 Å². The van der Waals surface area contributed by atoms with Crippen LogP contribution >= 0.6 is 0 Å². The van der Waals surface area contributed by atoms with Crippen molar-refractivity contribution in [3.63, 3.8) is 0 Å². The molecular weight excluding hydrogens is 184 g/mol. The van der Waals surface area contributed by atoms with E-state index >= 15 is 0 Å². The normalized spacial score (nSPS) is 12.6. The molecule has 5 nitrogen and oxygen atoms in total. The molecule has 0 saturated carbocycles. The Kier molecular flexibility index (Phi) is 6.96. The van der Waals surface area contributed by atoms with Gasteiger partial charge < -0.3 is 20.2 Å². The fraction of sp³-hybridized carbons (Fsp3) is 0.778. The van der Waals surface area contributed by atoms with Crippen LogP contribution in [0.5, 0.6) is 0 Å². The second-order valence-electron chi connectivity index (χ2n) is 3.17. The van der Waals surface area contributed by atoms with Gasteiger partial charge in [0.05, 0.1) is 13.0 Å². The van der Waals surface area contributed by atoms with Crippen molar-refractivity contribution in [1.29, 1.82) is 0 Å². The highest BCUT2D eigenvalue weighted by Gasteiger charge is 2.20. The molecule has 0 aliphatic rings. The summed E-state index contributed by atoms with van der Waals surface area (Å²) in [6, 6.07) is 0. The van der Waals surface area contributed by atoms with Crippen molar-refractivity contribution in [2.24, 2.45) is 11.7 Å². The largest absolute Gasteiger partial charge is 0.469 e. The molecule has 0 aliphatic heterocycles. The van der Waals surface area contributed by atoms with Crippen LogP contribution in [0, 0.1) is 5.92 Å². The summed E-state index contributed by atoms with van der Waals surface area (Å²) >= 11 is 0. The Labute approximate surface area is 84.2 Å². The fourth-order valence-electron chi connectivity index (χ4n) is 1.22. The van der Waals surface area contributed by atoms with Gasteiger partial charge in [-0.1, -0.05) is 0 Å². The van der Waals surface area contributed by atoms with Crippen LogP contribution in [-0.2, 0) is 14.3 Å². The summed E-state index contributed by atoms with van der Waals surface area (Å²) < 4.78 is 4.59. The molecule has 82 valence electrons. The Bertz CT molecular complexity index is 185. The minimum Gasteiger partial charge on any atom is -0.469 e. The third-order valence-corrected chi connectivity index (χ3v) is 1.96. The highest BCUT2D eigenvalue weighted by Crippen LogP contribution is 2.05. The number of hydrogen-bond donors (Lipinski definition) is 1. The van der Waals surface area contributed by atoms with Crippen molar-refractivity contribution in [2.45, 2.75) is 6.42 Å². The van der Waals surface area contributed by atoms with E-state index in [1.807, 2.05) is 11.9 Å². The third kappa shape index (κ3) is 4.94. The van der Waals surface area contributed by atoms with Crippen molar-refractivity contribution in [3.05, 3.63) is 0 Å². The summed E-state index contributed by atoms with van der Waals surface area (Å²) in [5.41, 5.74) is 5.36. The van der Waals surface area contributed by atoms with Gasteiger partial charge in [0, 0.05) is 26.1 Å². The van der Waals surface area contributed by atoms with Crippen molar-refractivity contribution >= 4 is 12.3 Å². The maximum atomic E-state index is 11.2. The number of carbonyl (C=O) groups excluding carboxylic acids is 2. The average molecular weight is 202 g/mol. The van der Waals surface area contributed by atoms with Gasteiger partial charge in [-0.2, -0.15) is 0 Å². The molecule has 0 fully saturated rings. The predicted molar refractivity (Wildman–Crippen MR) is 52.7 cm³/mol. The van der Waals surface area contributed by atoms with Gasteiger partial charge in [0.25, 0.3) is 0 Å². The zero-order valence-electron chi connectivity index (χ0n) is 8.73. The number of methoxy groups -OCH3 is 1. The molecule has 0 aliphatic carbocycles. The predicted octanol–water partition coefficient (Wildman–Crippen LogP) is -0.745. The van der Waals surface area contributed by atoms with Crippen LogP contribution in [0.3, 0.4) is 0 Å². The van der Waals surface area contributed by atoms with Gasteiger partial charge >= 0.3 is 5.97 Å².